The first-order valence-electron chi connectivity index (χ1n) is 7.54. The van der Waals surface area contributed by atoms with Gasteiger partial charge in [0.15, 0.2) is 0 Å². The lowest BCUT2D eigenvalue weighted by Gasteiger charge is -2.28. The van der Waals surface area contributed by atoms with E-state index in [1.54, 1.807) is 0 Å². The van der Waals surface area contributed by atoms with E-state index in [4.69, 9.17) is 4.74 Å². The highest BCUT2D eigenvalue weighted by Crippen LogP contribution is 2.49. The van der Waals surface area contributed by atoms with Gasteiger partial charge >= 0.3 is 0 Å². The van der Waals surface area contributed by atoms with Gasteiger partial charge in [-0.05, 0) is 48.3 Å². The Hall–Kier alpha value is -1.20. The largest absolute Gasteiger partial charge is 0.378 e. The van der Waals surface area contributed by atoms with Crippen molar-refractivity contribution in [2.75, 3.05) is 42.3 Å². The highest BCUT2D eigenvalue weighted by Gasteiger charge is 2.42. The van der Waals surface area contributed by atoms with Gasteiger partial charge in [0.25, 0.3) is 0 Å². The molecule has 0 atom stereocenters. The SMILES string of the molecule is O=C(CC1(CS)CC1)Nc1ccc(N2CCOCC2)cc1. The molecule has 1 amide bonds. The molecule has 4 nitrogen and oxygen atoms in total. The van der Waals surface area contributed by atoms with Gasteiger partial charge in [0.05, 0.1) is 13.2 Å². The van der Waals surface area contributed by atoms with E-state index in [0.717, 1.165) is 50.6 Å². The van der Waals surface area contributed by atoms with E-state index in [-0.39, 0.29) is 11.3 Å². The summed E-state index contributed by atoms with van der Waals surface area (Å²) in [6.07, 6.45) is 2.83. The second-order valence-corrected chi connectivity index (χ2v) is 6.35. The molecule has 114 valence electrons. The highest BCUT2D eigenvalue weighted by atomic mass is 32.1. The Morgan fingerprint density at radius 2 is 1.90 bits per heavy atom. The number of thiol groups is 1. The minimum atomic E-state index is 0.0978. The van der Waals surface area contributed by atoms with Crippen LogP contribution in [-0.4, -0.2) is 38.0 Å². The van der Waals surface area contributed by atoms with E-state index in [0.29, 0.717) is 6.42 Å². The van der Waals surface area contributed by atoms with Crippen LogP contribution in [0.1, 0.15) is 19.3 Å². The molecular weight excluding hydrogens is 284 g/mol. The summed E-state index contributed by atoms with van der Waals surface area (Å²) in [4.78, 5) is 14.3. The van der Waals surface area contributed by atoms with Gasteiger partial charge in [-0.3, -0.25) is 4.79 Å². The van der Waals surface area contributed by atoms with Crippen LogP contribution < -0.4 is 10.2 Å². The summed E-state index contributed by atoms with van der Waals surface area (Å²) in [7, 11) is 0. The molecule has 2 fully saturated rings. The lowest BCUT2D eigenvalue weighted by molar-refractivity contribution is -0.117. The minimum absolute atomic E-state index is 0.0978. The second kappa shape index (κ2) is 6.28. The third-order valence-corrected chi connectivity index (χ3v) is 5.03. The molecule has 0 radical (unpaired) electrons. The number of carbonyl (C=O) groups is 1. The molecular formula is C16H22N2O2S. The van der Waals surface area contributed by atoms with Crippen molar-refractivity contribution >= 4 is 29.9 Å². The Bertz CT molecular complexity index is 494. The van der Waals surface area contributed by atoms with Crippen LogP contribution >= 0.6 is 12.6 Å². The van der Waals surface area contributed by atoms with Crippen LogP contribution in [0.4, 0.5) is 11.4 Å². The number of hydrogen-bond donors (Lipinski definition) is 2. The number of hydrogen-bond acceptors (Lipinski definition) is 4. The van der Waals surface area contributed by atoms with Crippen molar-refractivity contribution in [2.45, 2.75) is 19.3 Å². The number of anilines is 2. The van der Waals surface area contributed by atoms with Crippen LogP contribution in [0.3, 0.4) is 0 Å². The standard InChI is InChI=1S/C16H22N2O2S/c19-15(11-16(12-21)5-6-16)17-13-1-3-14(4-2-13)18-7-9-20-10-8-18/h1-4,21H,5-12H2,(H,17,19). The summed E-state index contributed by atoms with van der Waals surface area (Å²) in [5.74, 6) is 0.900. The van der Waals surface area contributed by atoms with Gasteiger partial charge in [0.2, 0.25) is 5.91 Å². The molecule has 3 rings (SSSR count). The van der Waals surface area contributed by atoms with Crippen molar-refractivity contribution in [3.05, 3.63) is 24.3 Å². The molecule has 1 N–H and O–H groups in total. The lowest BCUT2D eigenvalue weighted by atomic mass is 10.1. The molecule has 0 unspecified atom stereocenters. The van der Waals surface area contributed by atoms with Gasteiger partial charge in [-0.25, -0.2) is 0 Å². The Labute approximate surface area is 131 Å². The predicted octanol–water partition coefficient (Wildman–Crippen LogP) is 2.56. The summed E-state index contributed by atoms with van der Waals surface area (Å²) >= 11 is 4.34. The molecule has 0 aromatic heterocycles. The van der Waals surface area contributed by atoms with Gasteiger partial charge in [0.1, 0.15) is 0 Å². The van der Waals surface area contributed by atoms with Crippen LogP contribution in [0.15, 0.2) is 24.3 Å². The number of benzene rings is 1. The monoisotopic (exact) mass is 306 g/mol. The lowest BCUT2D eigenvalue weighted by Crippen LogP contribution is -2.36. The maximum Gasteiger partial charge on any atom is 0.224 e. The van der Waals surface area contributed by atoms with E-state index < -0.39 is 0 Å². The molecule has 1 aromatic carbocycles. The van der Waals surface area contributed by atoms with E-state index in [9.17, 15) is 4.79 Å². The third kappa shape index (κ3) is 3.71. The van der Waals surface area contributed by atoms with Crippen molar-refractivity contribution in [1.82, 2.24) is 0 Å². The van der Waals surface area contributed by atoms with Gasteiger partial charge in [-0.15, -0.1) is 0 Å². The molecule has 21 heavy (non-hydrogen) atoms. The molecule has 2 aliphatic rings. The fraction of sp³-hybridized carbons (Fsp3) is 0.562. The minimum Gasteiger partial charge on any atom is -0.378 e. The zero-order chi connectivity index (χ0) is 14.7. The average molecular weight is 306 g/mol. The van der Waals surface area contributed by atoms with Crippen LogP contribution in [0.2, 0.25) is 0 Å². The summed E-state index contributed by atoms with van der Waals surface area (Å²) < 4.78 is 5.36. The predicted molar refractivity (Wildman–Crippen MR) is 88.2 cm³/mol. The van der Waals surface area contributed by atoms with Crippen molar-refractivity contribution in [3.63, 3.8) is 0 Å². The van der Waals surface area contributed by atoms with Gasteiger partial charge < -0.3 is 15.0 Å². The average Bonchev–Trinajstić information content (AvgIpc) is 3.29. The van der Waals surface area contributed by atoms with Gasteiger partial charge in [-0.1, -0.05) is 0 Å². The summed E-state index contributed by atoms with van der Waals surface area (Å²) in [6.45, 7) is 3.42. The molecule has 0 bridgehead atoms. The van der Waals surface area contributed by atoms with E-state index in [2.05, 4.69) is 35.0 Å². The number of nitrogens with one attached hydrogen (secondary N) is 1. The zero-order valence-corrected chi connectivity index (χ0v) is 13.1. The first-order chi connectivity index (χ1) is 10.2. The van der Waals surface area contributed by atoms with Gasteiger partial charge in [0, 0.05) is 30.9 Å². The highest BCUT2D eigenvalue weighted by molar-refractivity contribution is 7.80. The number of rotatable bonds is 5. The molecule has 1 aromatic rings. The normalized spacial score (nSPS) is 20.1. The Balaban J connectivity index is 1.55. The first kappa shape index (κ1) is 14.7. The molecule has 1 heterocycles. The maximum atomic E-state index is 12.0. The van der Waals surface area contributed by atoms with Crippen molar-refractivity contribution in [1.29, 1.82) is 0 Å². The summed E-state index contributed by atoms with van der Waals surface area (Å²) in [6, 6.07) is 8.07. The maximum absolute atomic E-state index is 12.0. The molecule has 1 aliphatic carbocycles. The molecule has 1 saturated heterocycles. The number of carbonyl (C=O) groups excluding carboxylic acids is 1. The van der Waals surface area contributed by atoms with Crippen molar-refractivity contribution in [3.8, 4) is 0 Å². The first-order valence-corrected chi connectivity index (χ1v) is 8.18. The summed E-state index contributed by atoms with van der Waals surface area (Å²) in [5.41, 5.74) is 2.22. The van der Waals surface area contributed by atoms with Crippen LogP contribution in [0.25, 0.3) is 0 Å². The smallest absolute Gasteiger partial charge is 0.224 e. The fourth-order valence-corrected chi connectivity index (χ4v) is 3.12. The third-order valence-electron chi connectivity index (χ3n) is 4.36. The van der Waals surface area contributed by atoms with E-state index in [1.165, 1.54) is 5.69 Å². The van der Waals surface area contributed by atoms with E-state index in [1.807, 2.05) is 12.1 Å². The second-order valence-electron chi connectivity index (χ2n) is 6.03. The fourth-order valence-electron chi connectivity index (χ4n) is 2.69. The summed E-state index contributed by atoms with van der Waals surface area (Å²) in [5, 5.41) is 2.99. The van der Waals surface area contributed by atoms with Crippen LogP contribution in [0.5, 0.6) is 0 Å². The number of morpholine rings is 1. The van der Waals surface area contributed by atoms with Crippen LogP contribution in [-0.2, 0) is 9.53 Å². The van der Waals surface area contributed by atoms with Crippen molar-refractivity contribution in [2.24, 2.45) is 5.41 Å². The number of amides is 1. The van der Waals surface area contributed by atoms with Crippen LogP contribution in [0, 0.1) is 5.41 Å². The van der Waals surface area contributed by atoms with E-state index >= 15 is 0 Å². The zero-order valence-electron chi connectivity index (χ0n) is 12.2. The Morgan fingerprint density at radius 1 is 1.24 bits per heavy atom. The van der Waals surface area contributed by atoms with Gasteiger partial charge in [-0.2, -0.15) is 12.6 Å². The Morgan fingerprint density at radius 3 is 2.48 bits per heavy atom. The molecule has 1 saturated carbocycles. The number of ether oxygens (including phenoxy) is 1. The molecule has 5 heteroatoms. The Kier molecular flexibility index (Phi) is 4.40. The number of nitrogens with zero attached hydrogens (tertiary/aromatic N) is 1. The topological polar surface area (TPSA) is 41.6 Å². The quantitative estimate of drug-likeness (QED) is 0.822. The molecule has 1 aliphatic heterocycles. The van der Waals surface area contributed by atoms with Crippen molar-refractivity contribution < 1.29 is 9.53 Å². The molecule has 0 spiro atoms.